The van der Waals surface area contributed by atoms with E-state index in [2.05, 4.69) is 4.74 Å². The topological polar surface area (TPSA) is 47.9 Å². The maximum Gasteiger partial charge on any atom is 0.411 e. The molecule has 2 unspecified atom stereocenters. The van der Waals surface area contributed by atoms with Crippen LogP contribution < -0.4 is 0 Å². The predicted molar refractivity (Wildman–Crippen MR) is 69.0 cm³/mol. The number of rotatable bonds is 5. The van der Waals surface area contributed by atoms with Crippen LogP contribution in [0.4, 0.5) is 13.2 Å². The lowest BCUT2D eigenvalue weighted by Gasteiger charge is -2.44. The molecule has 124 valence electrons. The maximum atomic E-state index is 12.0. The average molecular weight is 312 g/mol. The van der Waals surface area contributed by atoms with Crippen LogP contribution in [-0.4, -0.2) is 56.0 Å². The average Bonchev–Trinajstić information content (AvgIpc) is 2.43. The molecular weight excluding hydrogens is 289 g/mol. The molecule has 2 rings (SSSR count). The molecule has 0 bridgehead atoms. The van der Waals surface area contributed by atoms with E-state index in [0.717, 1.165) is 25.7 Å². The number of aliphatic hydroxyl groups excluding tert-OH is 1. The third-order valence-corrected chi connectivity index (χ3v) is 4.30. The molecule has 2 atom stereocenters. The molecule has 2 heterocycles. The van der Waals surface area contributed by atoms with Gasteiger partial charge in [0.25, 0.3) is 0 Å². The summed E-state index contributed by atoms with van der Waals surface area (Å²) in [5.41, 5.74) is -0.213. The Balaban J connectivity index is 1.73. The molecular formula is C14H23F3O4. The van der Waals surface area contributed by atoms with Crippen LogP contribution in [0, 0.1) is 5.92 Å². The van der Waals surface area contributed by atoms with Gasteiger partial charge in [-0.15, -0.1) is 0 Å². The van der Waals surface area contributed by atoms with Gasteiger partial charge in [-0.2, -0.15) is 13.2 Å². The number of halogens is 3. The summed E-state index contributed by atoms with van der Waals surface area (Å²) < 4.78 is 51.7. The fourth-order valence-electron chi connectivity index (χ4n) is 3.11. The van der Waals surface area contributed by atoms with Gasteiger partial charge in [0.05, 0.1) is 11.7 Å². The lowest BCUT2D eigenvalue weighted by atomic mass is 9.78. The molecule has 2 aliphatic heterocycles. The molecule has 4 nitrogen and oxygen atoms in total. The molecule has 0 aromatic rings. The van der Waals surface area contributed by atoms with Crippen molar-refractivity contribution < 1.29 is 32.5 Å². The van der Waals surface area contributed by atoms with Crippen molar-refractivity contribution in [1.29, 1.82) is 0 Å². The molecule has 21 heavy (non-hydrogen) atoms. The molecule has 2 saturated heterocycles. The molecule has 0 saturated carbocycles. The van der Waals surface area contributed by atoms with E-state index in [1.807, 2.05) is 0 Å². The Bertz CT molecular complexity index is 310. The highest BCUT2D eigenvalue weighted by Crippen LogP contribution is 2.38. The van der Waals surface area contributed by atoms with Crippen molar-refractivity contribution in [3.63, 3.8) is 0 Å². The number of hydrogen-bond acceptors (Lipinski definition) is 4. The Labute approximate surface area is 122 Å². The summed E-state index contributed by atoms with van der Waals surface area (Å²) in [6.45, 7) is 0.586. The smallest absolute Gasteiger partial charge is 0.393 e. The SMILES string of the molecule is OC(CCOCC(F)(F)F)C1CCOC2(CCOCC2)C1. The Hall–Kier alpha value is -0.370. The van der Waals surface area contributed by atoms with E-state index in [0.29, 0.717) is 19.8 Å². The number of ether oxygens (including phenoxy) is 3. The van der Waals surface area contributed by atoms with Crippen LogP contribution in [0.2, 0.25) is 0 Å². The van der Waals surface area contributed by atoms with Crippen LogP contribution in [0.5, 0.6) is 0 Å². The van der Waals surface area contributed by atoms with Crippen molar-refractivity contribution in [1.82, 2.24) is 0 Å². The molecule has 2 aliphatic rings. The lowest BCUT2D eigenvalue weighted by Crippen LogP contribution is -2.46. The zero-order chi connectivity index (χ0) is 15.3. The van der Waals surface area contributed by atoms with Crippen molar-refractivity contribution in [2.45, 2.75) is 50.0 Å². The Morgan fingerprint density at radius 2 is 1.95 bits per heavy atom. The fourth-order valence-corrected chi connectivity index (χ4v) is 3.11. The van der Waals surface area contributed by atoms with Gasteiger partial charge in [0.15, 0.2) is 0 Å². The van der Waals surface area contributed by atoms with E-state index in [1.54, 1.807) is 0 Å². The standard InChI is InChI=1S/C14H23F3O4/c15-14(16,17)10-20-5-2-12(18)11-1-6-21-13(9-11)3-7-19-8-4-13/h11-12,18H,1-10H2. The van der Waals surface area contributed by atoms with E-state index >= 15 is 0 Å². The lowest BCUT2D eigenvalue weighted by molar-refractivity contribution is -0.178. The van der Waals surface area contributed by atoms with Gasteiger partial charge in [-0.05, 0) is 38.0 Å². The molecule has 0 aliphatic carbocycles. The molecule has 2 fully saturated rings. The first-order valence-electron chi connectivity index (χ1n) is 7.44. The molecule has 1 spiro atoms. The summed E-state index contributed by atoms with van der Waals surface area (Å²) in [5, 5.41) is 10.2. The van der Waals surface area contributed by atoms with E-state index in [-0.39, 0.29) is 24.5 Å². The molecule has 7 heteroatoms. The highest BCUT2D eigenvalue weighted by atomic mass is 19.4. The van der Waals surface area contributed by atoms with Gasteiger partial charge in [-0.1, -0.05) is 0 Å². The van der Waals surface area contributed by atoms with Crippen molar-refractivity contribution in [2.24, 2.45) is 5.92 Å². The minimum Gasteiger partial charge on any atom is -0.393 e. The van der Waals surface area contributed by atoms with Crippen LogP contribution in [0.25, 0.3) is 0 Å². The largest absolute Gasteiger partial charge is 0.411 e. The van der Waals surface area contributed by atoms with Crippen molar-refractivity contribution in [3.05, 3.63) is 0 Å². The van der Waals surface area contributed by atoms with Crippen LogP contribution >= 0.6 is 0 Å². The first kappa shape index (κ1) is 17.0. The first-order valence-corrected chi connectivity index (χ1v) is 7.44. The Morgan fingerprint density at radius 3 is 2.62 bits per heavy atom. The Kier molecular flexibility index (Phi) is 5.88. The summed E-state index contributed by atoms with van der Waals surface area (Å²) in [6.07, 6.45) is -1.59. The van der Waals surface area contributed by atoms with E-state index in [1.165, 1.54) is 0 Å². The van der Waals surface area contributed by atoms with Crippen LogP contribution in [-0.2, 0) is 14.2 Å². The minimum atomic E-state index is -4.31. The number of hydrogen-bond donors (Lipinski definition) is 1. The highest BCUT2D eigenvalue weighted by molar-refractivity contribution is 4.90. The summed E-state index contributed by atoms with van der Waals surface area (Å²) in [7, 11) is 0. The second kappa shape index (κ2) is 7.26. The van der Waals surface area contributed by atoms with Gasteiger partial charge in [-0.3, -0.25) is 0 Å². The van der Waals surface area contributed by atoms with E-state index in [4.69, 9.17) is 9.47 Å². The zero-order valence-corrected chi connectivity index (χ0v) is 12.0. The second-order valence-electron chi connectivity index (χ2n) is 5.92. The van der Waals surface area contributed by atoms with Crippen molar-refractivity contribution >= 4 is 0 Å². The third-order valence-electron chi connectivity index (χ3n) is 4.30. The summed E-state index contributed by atoms with van der Waals surface area (Å²) >= 11 is 0. The molecule has 0 aromatic heterocycles. The van der Waals surface area contributed by atoms with Gasteiger partial charge in [-0.25, -0.2) is 0 Å². The number of aliphatic hydroxyl groups is 1. The summed E-state index contributed by atoms with van der Waals surface area (Å²) in [4.78, 5) is 0. The van der Waals surface area contributed by atoms with Gasteiger partial charge in [0, 0.05) is 26.4 Å². The van der Waals surface area contributed by atoms with Crippen LogP contribution in [0.15, 0.2) is 0 Å². The van der Waals surface area contributed by atoms with Gasteiger partial charge in [0.2, 0.25) is 0 Å². The molecule has 0 aromatic carbocycles. The van der Waals surface area contributed by atoms with Gasteiger partial charge < -0.3 is 19.3 Å². The summed E-state index contributed by atoms with van der Waals surface area (Å²) in [6, 6.07) is 0. The quantitative estimate of drug-likeness (QED) is 0.791. The first-order chi connectivity index (χ1) is 9.90. The van der Waals surface area contributed by atoms with Gasteiger partial charge >= 0.3 is 6.18 Å². The van der Waals surface area contributed by atoms with Crippen LogP contribution in [0.1, 0.15) is 32.1 Å². The van der Waals surface area contributed by atoms with E-state index in [9.17, 15) is 18.3 Å². The van der Waals surface area contributed by atoms with E-state index < -0.39 is 18.9 Å². The fraction of sp³-hybridized carbons (Fsp3) is 1.00. The normalized spacial score (nSPS) is 27.7. The highest BCUT2D eigenvalue weighted by Gasteiger charge is 2.40. The zero-order valence-electron chi connectivity index (χ0n) is 12.0. The third kappa shape index (κ3) is 5.39. The molecule has 1 N–H and O–H groups in total. The van der Waals surface area contributed by atoms with Crippen LogP contribution in [0.3, 0.4) is 0 Å². The molecule has 0 radical (unpaired) electrons. The van der Waals surface area contributed by atoms with Gasteiger partial charge in [0.1, 0.15) is 6.61 Å². The maximum absolute atomic E-state index is 12.0. The van der Waals surface area contributed by atoms with Crippen molar-refractivity contribution in [3.8, 4) is 0 Å². The second-order valence-corrected chi connectivity index (χ2v) is 5.92. The summed E-state index contributed by atoms with van der Waals surface area (Å²) in [5.74, 6) is 0.0614. The monoisotopic (exact) mass is 312 g/mol. The van der Waals surface area contributed by atoms with Crippen molar-refractivity contribution in [2.75, 3.05) is 33.0 Å². The Morgan fingerprint density at radius 1 is 1.24 bits per heavy atom. The minimum absolute atomic E-state index is 0.0614. The predicted octanol–water partition coefficient (Wildman–Crippen LogP) is 2.29. The number of alkyl halides is 3. The molecule has 0 amide bonds.